The van der Waals surface area contributed by atoms with Gasteiger partial charge in [0, 0.05) is 10.8 Å². The summed E-state index contributed by atoms with van der Waals surface area (Å²) in [5.41, 5.74) is 5.72. The average Bonchev–Trinajstić information content (AvgIpc) is 3.07. The quantitative estimate of drug-likeness (QED) is 0.300. The maximum Gasteiger partial charge on any atom is 0.147 e. The molecule has 2 nitrogen and oxygen atoms in total. The minimum absolute atomic E-state index is 1.04. The second kappa shape index (κ2) is 4.83. The standard InChI is InChI=1S/C24H16N2/c1-15-10-12-18-19-13-11-16-6-2-3-7-17(16)23(19)24-25-20-8-4-5-9-21(20)26(24)22(18)14-15/h2-14H,1H3. The van der Waals surface area contributed by atoms with Crippen LogP contribution in [0.5, 0.6) is 0 Å². The molecule has 0 saturated heterocycles. The predicted molar refractivity (Wildman–Crippen MR) is 110 cm³/mol. The number of aromatic nitrogens is 2. The van der Waals surface area contributed by atoms with E-state index in [9.17, 15) is 0 Å². The molecule has 0 atom stereocenters. The van der Waals surface area contributed by atoms with Gasteiger partial charge in [0.2, 0.25) is 0 Å². The average molecular weight is 332 g/mol. The fourth-order valence-electron chi connectivity index (χ4n) is 4.23. The van der Waals surface area contributed by atoms with E-state index in [2.05, 4.69) is 90.2 Å². The van der Waals surface area contributed by atoms with Gasteiger partial charge in [0.05, 0.1) is 16.6 Å². The van der Waals surface area contributed by atoms with E-state index in [1.54, 1.807) is 0 Å². The van der Waals surface area contributed by atoms with Gasteiger partial charge in [-0.3, -0.25) is 4.40 Å². The molecule has 0 fully saturated rings. The minimum atomic E-state index is 1.04. The Morgan fingerprint density at radius 1 is 0.692 bits per heavy atom. The van der Waals surface area contributed by atoms with Crippen LogP contribution in [0.1, 0.15) is 5.56 Å². The van der Waals surface area contributed by atoms with Crippen LogP contribution in [0.4, 0.5) is 0 Å². The van der Waals surface area contributed by atoms with Crippen molar-refractivity contribution in [3.63, 3.8) is 0 Å². The summed E-state index contributed by atoms with van der Waals surface area (Å²) in [5.74, 6) is 0. The van der Waals surface area contributed by atoms with Gasteiger partial charge in [-0.15, -0.1) is 0 Å². The first kappa shape index (κ1) is 13.9. The molecule has 26 heavy (non-hydrogen) atoms. The topological polar surface area (TPSA) is 17.3 Å². The molecule has 6 aromatic rings. The molecule has 2 aromatic heterocycles. The largest absolute Gasteiger partial charge is 0.292 e. The van der Waals surface area contributed by atoms with E-state index in [1.165, 1.54) is 38.0 Å². The SMILES string of the molecule is Cc1ccc2c3ccc4ccccc4c3c3nc4ccccc4n3c2c1. The van der Waals surface area contributed by atoms with E-state index in [1.807, 2.05) is 0 Å². The third kappa shape index (κ3) is 1.68. The molecule has 4 aromatic carbocycles. The Balaban J connectivity index is 2.06. The summed E-state index contributed by atoms with van der Waals surface area (Å²) in [4.78, 5) is 5.04. The van der Waals surface area contributed by atoms with Gasteiger partial charge in [-0.25, -0.2) is 4.98 Å². The summed E-state index contributed by atoms with van der Waals surface area (Å²) >= 11 is 0. The number of benzene rings is 4. The fraction of sp³-hybridized carbons (Fsp3) is 0.0417. The highest BCUT2D eigenvalue weighted by molar-refractivity contribution is 6.23. The van der Waals surface area contributed by atoms with Crippen LogP contribution in [0.3, 0.4) is 0 Å². The Kier molecular flexibility index (Phi) is 2.57. The van der Waals surface area contributed by atoms with Crippen molar-refractivity contribution in [2.45, 2.75) is 6.92 Å². The lowest BCUT2D eigenvalue weighted by atomic mass is 9.99. The predicted octanol–water partition coefficient (Wildman–Crippen LogP) is 6.26. The van der Waals surface area contributed by atoms with E-state index in [-0.39, 0.29) is 0 Å². The zero-order valence-electron chi connectivity index (χ0n) is 14.4. The van der Waals surface area contributed by atoms with Crippen LogP contribution in [0, 0.1) is 6.92 Å². The molecular formula is C24H16N2. The molecule has 0 aliphatic heterocycles. The number of hydrogen-bond acceptors (Lipinski definition) is 1. The first-order chi connectivity index (χ1) is 12.8. The summed E-state index contributed by atoms with van der Waals surface area (Å²) < 4.78 is 2.33. The van der Waals surface area contributed by atoms with Crippen LogP contribution in [0.15, 0.2) is 78.9 Å². The monoisotopic (exact) mass is 332 g/mol. The molecule has 6 rings (SSSR count). The molecule has 2 heteroatoms. The van der Waals surface area contributed by atoms with Gasteiger partial charge in [-0.05, 0) is 46.8 Å². The Labute approximate surface area is 150 Å². The van der Waals surface area contributed by atoms with Crippen molar-refractivity contribution in [2.24, 2.45) is 0 Å². The molecule has 122 valence electrons. The number of nitrogens with zero attached hydrogens (tertiary/aromatic N) is 2. The summed E-state index contributed by atoms with van der Waals surface area (Å²) in [7, 11) is 0. The minimum Gasteiger partial charge on any atom is -0.292 e. The molecule has 0 saturated carbocycles. The third-order valence-corrected chi connectivity index (χ3v) is 5.40. The molecule has 0 radical (unpaired) electrons. The lowest BCUT2D eigenvalue weighted by molar-refractivity contribution is 1.31. The smallest absolute Gasteiger partial charge is 0.147 e. The Morgan fingerprint density at radius 2 is 1.50 bits per heavy atom. The second-order valence-corrected chi connectivity index (χ2v) is 6.99. The number of para-hydroxylation sites is 2. The van der Waals surface area contributed by atoms with Gasteiger partial charge in [0.15, 0.2) is 0 Å². The molecule has 0 aliphatic rings. The molecule has 2 heterocycles. The Morgan fingerprint density at radius 3 is 2.46 bits per heavy atom. The molecule has 0 unspecified atom stereocenters. The molecule has 0 bridgehead atoms. The summed E-state index contributed by atoms with van der Waals surface area (Å²) in [6, 6.07) is 28.2. The van der Waals surface area contributed by atoms with Gasteiger partial charge in [0.25, 0.3) is 0 Å². The zero-order valence-corrected chi connectivity index (χ0v) is 14.4. The molecule has 0 spiro atoms. The van der Waals surface area contributed by atoms with Crippen molar-refractivity contribution in [1.82, 2.24) is 9.38 Å². The van der Waals surface area contributed by atoms with Gasteiger partial charge in [-0.2, -0.15) is 0 Å². The van der Waals surface area contributed by atoms with E-state index in [0.29, 0.717) is 0 Å². The molecular weight excluding hydrogens is 316 g/mol. The van der Waals surface area contributed by atoms with Crippen molar-refractivity contribution in [2.75, 3.05) is 0 Å². The lowest BCUT2D eigenvalue weighted by Crippen LogP contribution is -1.93. The number of pyridine rings is 1. The maximum atomic E-state index is 5.04. The van der Waals surface area contributed by atoms with Crippen molar-refractivity contribution < 1.29 is 0 Å². The van der Waals surface area contributed by atoms with Crippen LogP contribution >= 0.6 is 0 Å². The van der Waals surface area contributed by atoms with E-state index >= 15 is 0 Å². The lowest BCUT2D eigenvalue weighted by Gasteiger charge is -2.12. The highest BCUT2D eigenvalue weighted by atomic mass is 15.0. The summed E-state index contributed by atoms with van der Waals surface area (Å²) in [6.07, 6.45) is 0. The Hall–Kier alpha value is -3.39. The van der Waals surface area contributed by atoms with Crippen molar-refractivity contribution >= 4 is 49.1 Å². The van der Waals surface area contributed by atoms with Crippen LogP contribution in [0.25, 0.3) is 49.1 Å². The van der Waals surface area contributed by atoms with Crippen LogP contribution in [0.2, 0.25) is 0 Å². The van der Waals surface area contributed by atoms with Gasteiger partial charge in [-0.1, -0.05) is 60.7 Å². The second-order valence-electron chi connectivity index (χ2n) is 6.99. The van der Waals surface area contributed by atoms with E-state index in [0.717, 1.165) is 16.7 Å². The maximum absolute atomic E-state index is 5.04. The Bertz CT molecular complexity index is 1490. The van der Waals surface area contributed by atoms with Crippen LogP contribution < -0.4 is 0 Å². The molecule has 0 amide bonds. The fourth-order valence-corrected chi connectivity index (χ4v) is 4.23. The van der Waals surface area contributed by atoms with Gasteiger partial charge < -0.3 is 0 Å². The van der Waals surface area contributed by atoms with Gasteiger partial charge in [0.1, 0.15) is 5.65 Å². The third-order valence-electron chi connectivity index (χ3n) is 5.40. The number of imidazole rings is 1. The van der Waals surface area contributed by atoms with Crippen molar-refractivity contribution in [3.05, 3.63) is 84.4 Å². The number of rotatable bonds is 0. The molecule has 0 aliphatic carbocycles. The summed E-state index contributed by atoms with van der Waals surface area (Å²) in [6.45, 7) is 2.15. The first-order valence-corrected chi connectivity index (χ1v) is 8.92. The summed E-state index contributed by atoms with van der Waals surface area (Å²) in [5, 5.41) is 6.28. The van der Waals surface area contributed by atoms with Crippen LogP contribution in [-0.2, 0) is 0 Å². The highest BCUT2D eigenvalue weighted by Crippen LogP contribution is 2.36. The number of hydrogen-bond donors (Lipinski definition) is 0. The van der Waals surface area contributed by atoms with Crippen molar-refractivity contribution in [3.8, 4) is 0 Å². The normalized spacial score (nSPS) is 12.0. The highest BCUT2D eigenvalue weighted by Gasteiger charge is 2.15. The molecule has 0 N–H and O–H groups in total. The van der Waals surface area contributed by atoms with Crippen LogP contribution in [-0.4, -0.2) is 9.38 Å². The first-order valence-electron chi connectivity index (χ1n) is 8.92. The van der Waals surface area contributed by atoms with E-state index in [4.69, 9.17) is 4.98 Å². The number of fused-ring (bicyclic) bond motifs is 10. The number of aryl methyl sites for hydroxylation is 1. The van der Waals surface area contributed by atoms with E-state index < -0.39 is 0 Å². The zero-order chi connectivity index (χ0) is 17.3. The van der Waals surface area contributed by atoms with Gasteiger partial charge >= 0.3 is 0 Å². The van der Waals surface area contributed by atoms with Crippen molar-refractivity contribution in [1.29, 1.82) is 0 Å².